The SMILES string of the molecule is c1ccc(-c2cccc(-c3nc(-c4ccccc4)nc(-c4ccc(-c5cccc(-c6nc7ccccc7c7c(-c8ccccc8)c8c(cc67)oc6ccccc68)c5)cc4)n3)c2)cc1. The van der Waals surface area contributed by atoms with Crippen LogP contribution in [0.25, 0.3) is 122 Å². The van der Waals surface area contributed by atoms with E-state index in [0.29, 0.717) is 17.5 Å². The molecular formula is C58H36N4O. The van der Waals surface area contributed by atoms with Gasteiger partial charge in [0.15, 0.2) is 17.5 Å². The zero-order valence-electron chi connectivity index (χ0n) is 34.0. The van der Waals surface area contributed by atoms with Crippen molar-refractivity contribution in [2.75, 3.05) is 0 Å². The fraction of sp³-hybridized carbons (Fsp3) is 0. The minimum absolute atomic E-state index is 0.613. The van der Waals surface area contributed by atoms with Gasteiger partial charge < -0.3 is 4.42 Å². The summed E-state index contributed by atoms with van der Waals surface area (Å²) >= 11 is 0. The second-order valence-corrected chi connectivity index (χ2v) is 15.8. The molecule has 5 heteroatoms. The molecule has 12 rings (SSSR count). The lowest BCUT2D eigenvalue weighted by Gasteiger charge is -2.16. The van der Waals surface area contributed by atoms with Crippen molar-refractivity contribution in [3.63, 3.8) is 0 Å². The first-order chi connectivity index (χ1) is 31.2. The van der Waals surface area contributed by atoms with Crippen LogP contribution in [0.4, 0.5) is 0 Å². The number of fused-ring (bicyclic) bond motifs is 6. The molecule has 63 heavy (non-hydrogen) atoms. The van der Waals surface area contributed by atoms with Crippen LogP contribution in [0, 0.1) is 0 Å². The molecule has 294 valence electrons. The topological polar surface area (TPSA) is 64.7 Å². The van der Waals surface area contributed by atoms with Crippen molar-refractivity contribution in [3.05, 3.63) is 218 Å². The van der Waals surface area contributed by atoms with Crippen LogP contribution in [0.15, 0.2) is 223 Å². The van der Waals surface area contributed by atoms with Crippen LogP contribution < -0.4 is 0 Å². The largest absolute Gasteiger partial charge is 0.456 e. The summed E-state index contributed by atoms with van der Waals surface area (Å²) in [6.07, 6.45) is 0. The Bertz CT molecular complexity index is 3660. The maximum Gasteiger partial charge on any atom is 0.164 e. The molecule has 3 heterocycles. The monoisotopic (exact) mass is 804 g/mol. The number of benzene rings is 9. The van der Waals surface area contributed by atoms with Crippen molar-refractivity contribution in [1.82, 2.24) is 19.9 Å². The van der Waals surface area contributed by atoms with Crippen molar-refractivity contribution in [1.29, 1.82) is 0 Å². The molecule has 0 saturated carbocycles. The van der Waals surface area contributed by atoms with Gasteiger partial charge in [-0.25, -0.2) is 19.9 Å². The highest BCUT2D eigenvalue weighted by atomic mass is 16.3. The molecule has 0 aliphatic rings. The smallest absolute Gasteiger partial charge is 0.164 e. The number of pyridine rings is 1. The molecular weight excluding hydrogens is 769 g/mol. The second-order valence-electron chi connectivity index (χ2n) is 15.8. The standard InChI is InChI=1S/C58H36N4O/c1-4-16-37(17-5-1)43-23-15-25-45(35-43)58-61-56(40-20-8-3-9-21-40)60-57(62-58)41-32-30-38(31-33-41)42-22-14-24-44(34-42)55-48-36-51-54(47-27-11-13-29-50(47)63-51)52(39-18-6-2-7-19-39)53(48)46-26-10-12-28-49(46)59-55/h1-36H. The molecule has 3 aromatic heterocycles. The Labute approximate surface area is 363 Å². The van der Waals surface area contributed by atoms with Crippen molar-refractivity contribution in [3.8, 4) is 78.8 Å². The summed E-state index contributed by atoms with van der Waals surface area (Å²) in [5.74, 6) is 1.86. The molecule has 0 amide bonds. The predicted octanol–water partition coefficient (Wildman–Crippen LogP) is 15.1. The number of para-hydroxylation sites is 2. The summed E-state index contributed by atoms with van der Waals surface area (Å²) in [5.41, 5.74) is 14.0. The van der Waals surface area contributed by atoms with Crippen LogP contribution in [-0.4, -0.2) is 19.9 Å². The van der Waals surface area contributed by atoms with E-state index in [2.05, 4.69) is 170 Å². The van der Waals surface area contributed by atoms with Crippen molar-refractivity contribution in [2.45, 2.75) is 0 Å². The Balaban J connectivity index is 0.976. The lowest BCUT2D eigenvalue weighted by Crippen LogP contribution is -2.00. The Kier molecular flexibility index (Phi) is 8.75. The normalized spacial score (nSPS) is 11.5. The Hall–Kier alpha value is -8.54. The lowest BCUT2D eigenvalue weighted by molar-refractivity contribution is 0.669. The van der Waals surface area contributed by atoms with E-state index in [1.54, 1.807) is 0 Å². The number of rotatable bonds is 7. The third-order valence-electron chi connectivity index (χ3n) is 11.9. The lowest BCUT2D eigenvalue weighted by atomic mass is 9.89. The Morgan fingerprint density at radius 3 is 1.44 bits per heavy atom. The van der Waals surface area contributed by atoms with E-state index in [1.807, 2.05) is 48.5 Å². The van der Waals surface area contributed by atoms with E-state index >= 15 is 0 Å². The van der Waals surface area contributed by atoms with Crippen LogP contribution in [0.3, 0.4) is 0 Å². The van der Waals surface area contributed by atoms with Gasteiger partial charge in [-0.1, -0.05) is 188 Å². The molecule has 0 fully saturated rings. The van der Waals surface area contributed by atoms with Crippen LogP contribution in [0.5, 0.6) is 0 Å². The second kappa shape index (κ2) is 15.2. The minimum Gasteiger partial charge on any atom is -0.456 e. The molecule has 9 aromatic carbocycles. The highest BCUT2D eigenvalue weighted by Crippen LogP contribution is 2.46. The number of aromatic nitrogens is 4. The third-order valence-corrected chi connectivity index (χ3v) is 11.9. The minimum atomic E-state index is 0.613. The zero-order chi connectivity index (χ0) is 41.7. The maximum absolute atomic E-state index is 6.61. The molecule has 0 N–H and O–H groups in total. The Morgan fingerprint density at radius 1 is 0.270 bits per heavy atom. The zero-order valence-corrected chi connectivity index (χ0v) is 34.0. The van der Waals surface area contributed by atoms with Gasteiger partial charge in [0.05, 0.1) is 11.2 Å². The van der Waals surface area contributed by atoms with E-state index in [4.69, 9.17) is 24.4 Å². The molecule has 0 unspecified atom stereocenters. The van der Waals surface area contributed by atoms with Gasteiger partial charge in [-0.05, 0) is 58.1 Å². The number of hydrogen-bond acceptors (Lipinski definition) is 5. The molecule has 0 saturated heterocycles. The molecule has 0 aliphatic carbocycles. The quantitative estimate of drug-likeness (QED) is 0.150. The fourth-order valence-corrected chi connectivity index (χ4v) is 8.91. The van der Waals surface area contributed by atoms with Gasteiger partial charge >= 0.3 is 0 Å². The maximum atomic E-state index is 6.61. The van der Waals surface area contributed by atoms with Gasteiger partial charge in [-0.15, -0.1) is 0 Å². The van der Waals surface area contributed by atoms with E-state index in [-0.39, 0.29) is 0 Å². The van der Waals surface area contributed by atoms with Gasteiger partial charge in [0.25, 0.3) is 0 Å². The average molecular weight is 805 g/mol. The third kappa shape index (κ3) is 6.51. The molecule has 0 radical (unpaired) electrons. The Morgan fingerprint density at radius 2 is 0.746 bits per heavy atom. The van der Waals surface area contributed by atoms with E-state index in [9.17, 15) is 0 Å². The number of nitrogens with zero attached hydrogens (tertiary/aromatic N) is 4. The predicted molar refractivity (Wildman–Crippen MR) is 258 cm³/mol. The molecule has 0 bridgehead atoms. The fourth-order valence-electron chi connectivity index (χ4n) is 8.91. The molecule has 0 spiro atoms. The van der Waals surface area contributed by atoms with Crippen molar-refractivity contribution in [2.24, 2.45) is 0 Å². The van der Waals surface area contributed by atoms with Gasteiger partial charge in [0.1, 0.15) is 11.2 Å². The van der Waals surface area contributed by atoms with Crippen LogP contribution in [0.2, 0.25) is 0 Å². The first-order valence-corrected chi connectivity index (χ1v) is 21.1. The van der Waals surface area contributed by atoms with Gasteiger partial charge in [0, 0.05) is 54.7 Å². The summed E-state index contributed by atoms with van der Waals surface area (Å²) in [7, 11) is 0. The van der Waals surface area contributed by atoms with E-state index < -0.39 is 0 Å². The van der Waals surface area contributed by atoms with Crippen molar-refractivity contribution < 1.29 is 4.42 Å². The summed E-state index contributed by atoms with van der Waals surface area (Å²) in [6.45, 7) is 0. The molecule has 0 aliphatic heterocycles. The highest BCUT2D eigenvalue weighted by Gasteiger charge is 2.22. The first-order valence-electron chi connectivity index (χ1n) is 21.1. The summed E-state index contributed by atoms with van der Waals surface area (Å²) < 4.78 is 6.61. The van der Waals surface area contributed by atoms with Gasteiger partial charge in [-0.3, -0.25) is 0 Å². The molecule has 5 nitrogen and oxygen atoms in total. The average Bonchev–Trinajstić information content (AvgIpc) is 3.74. The van der Waals surface area contributed by atoms with E-state index in [0.717, 1.165) is 105 Å². The van der Waals surface area contributed by atoms with Crippen LogP contribution in [-0.2, 0) is 0 Å². The first kappa shape index (κ1) is 36.3. The molecule has 12 aromatic rings. The highest BCUT2D eigenvalue weighted by molar-refractivity contribution is 6.27. The summed E-state index contributed by atoms with van der Waals surface area (Å²) in [4.78, 5) is 20.5. The number of furan rings is 1. The van der Waals surface area contributed by atoms with Crippen LogP contribution >= 0.6 is 0 Å². The summed E-state index contributed by atoms with van der Waals surface area (Å²) in [6, 6.07) is 75.7. The summed E-state index contributed by atoms with van der Waals surface area (Å²) in [5, 5.41) is 5.52. The van der Waals surface area contributed by atoms with Crippen LogP contribution in [0.1, 0.15) is 0 Å². The van der Waals surface area contributed by atoms with Gasteiger partial charge in [-0.2, -0.15) is 0 Å². The number of hydrogen-bond donors (Lipinski definition) is 0. The van der Waals surface area contributed by atoms with Crippen molar-refractivity contribution >= 4 is 43.6 Å². The van der Waals surface area contributed by atoms with E-state index in [1.165, 1.54) is 0 Å². The molecule has 0 atom stereocenters. The van der Waals surface area contributed by atoms with Gasteiger partial charge in [0.2, 0.25) is 0 Å².